The van der Waals surface area contributed by atoms with Crippen LogP contribution in [0.25, 0.3) is 0 Å². The van der Waals surface area contributed by atoms with E-state index in [9.17, 15) is 4.79 Å². The standard InChI is InChI=1S/C19H25N3O2/c1-14-13-18(21-20-14)19(23)22-11-9-16(10-12-22)4-3-15-5-7-17(24-2)8-6-15/h5-8,13,16H,3-4,9-12H2,1-2H3,(H,20,21). The van der Waals surface area contributed by atoms with Crippen molar-refractivity contribution >= 4 is 5.91 Å². The molecule has 0 unspecified atom stereocenters. The van der Waals surface area contributed by atoms with Gasteiger partial charge in [-0.05, 0) is 62.3 Å². The van der Waals surface area contributed by atoms with Crippen LogP contribution in [-0.4, -0.2) is 41.2 Å². The van der Waals surface area contributed by atoms with Gasteiger partial charge in [-0.15, -0.1) is 0 Å². The fraction of sp³-hybridized carbons (Fsp3) is 0.474. The van der Waals surface area contributed by atoms with E-state index in [2.05, 4.69) is 22.3 Å². The van der Waals surface area contributed by atoms with Gasteiger partial charge in [-0.1, -0.05) is 12.1 Å². The quantitative estimate of drug-likeness (QED) is 0.917. The number of hydrogen-bond acceptors (Lipinski definition) is 3. The summed E-state index contributed by atoms with van der Waals surface area (Å²) < 4.78 is 5.19. The second-order valence-corrected chi connectivity index (χ2v) is 6.56. The zero-order chi connectivity index (χ0) is 16.9. The Bertz CT molecular complexity index is 670. The molecule has 1 N–H and O–H groups in total. The number of nitrogens with zero attached hydrogens (tertiary/aromatic N) is 2. The van der Waals surface area contributed by atoms with Crippen LogP contribution in [0.5, 0.6) is 5.75 Å². The van der Waals surface area contributed by atoms with Crippen LogP contribution in [0.2, 0.25) is 0 Å². The van der Waals surface area contributed by atoms with Crippen molar-refractivity contribution < 1.29 is 9.53 Å². The molecule has 0 radical (unpaired) electrons. The molecule has 0 saturated carbocycles. The van der Waals surface area contributed by atoms with Gasteiger partial charge in [0.25, 0.3) is 5.91 Å². The zero-order valence-electron chi connectivity index (χ0n) is 14.4. The first-order valence-corrected chi connectivity index (χ1v) is 8.60. The molecule has 0 spiro atoms. The molecule has 5 heteroatoms. The van der Waals surface area contributed by atoms with E-state index in [1.165, 1.54) is 12.0 Å². The molecule has 2 aromatic rings. The predicted molar refractivity (Wildman–Crippen MR) is 93.3 cm³/mol. The van der Waals surface area contributed by atoms with Crippen LogP contribution < -0.4 is 4.74 Å². The molecular formula is C19H25N3O2. The molecule has 1 aliphatic heterocycles. The Labute approximate surface area is 143 Å². The van der Waals surface area contributed by atoms with Gasteiger partial charge in [0, 0.05) is 18.8 Å². The first-order chi connectivity index (χ1) is 11.7. The fourth-order valence-corrected chi connectivity index (χ4v) is 3.28. The van der Waals surface area contributed by atoms with Gasteiger partial charge in [-0.3, -0.25) is 9.89 Å². The van der Waals surface area contributed by atoms with Crippen molar-refractivity contribution in [1.29, 1.82) is 0 Å². The Balaban J connectivity index is 1.45. The molecule has 1 saturated heterocycles. The number of hydrogen-bond donors (Lipinski definition) is 1. The van der Waals surface area contributed by atoms with Gasteiger partial charge in [0.15, 0.2) is 0 Å². The third-order valence-corrected chi connectivity index (χ3v) is 4.83. The number of amides is 1. The molecular weight excluding hydrogens is 302 g/mol. The molecule has 1 fully saturated rings. The summed E-state index contributed by atoms with van der Waals surface area (Å²) >= 11 is 0. The summed E-state index contributed by atoms with van der Waals surface area (Å²) in [6.07, 6.45) is 4.41. The number of aryl methyl sites for hydroxylation is 2. The molecule has 0 aliphatic carbocycles. The number of carbonyl (C=O) groups excluding carboxylic acids is 1. The molecule has 1 aromatic heterocycles. The lowest BCUT2D eigenvalue weighted by molar-refractivity contribution is 0.0681. The van der Waals surface area contributed by atoms with E-state index in [1.54, 1.807) is 7.11 Å². The summed E-state index contributed by atoms with van der Waals surface area (Å²) in [5.74, 6) is 1.64. The summed E-state index contributed by atoms with van der Waals surface area (Å²) in [5, 5.41) is 6.91. The second kappa shape index (κ2) is 7.51. The summed E-state index contributed by atoms with van der Waals surface area (Å²) in [7, 11) is 1.69. The maximum absolute atomic E-state index is 12.4. The number of benzene rings is 1. The van der Waals surface area contributed by atoms with Crippen molar-refractivity contribution in [3.63, 3.8) is 0 Å². The number of nitrogens with one attached hydrogen (secondary N) is 1. The van der Waals surface area contributed by atoms with Gasteiger partial charge in [-0.2, -0.15) is 5.10 Å². The smallest absolute Gasteiger partial charge is 0.274 e. The molecule has 1 aromatic carbocycles. The van der Waals surface area contributed by atoms with Crippen molar-refractivity contribution in [3.05, 3.63) is 47.3 Å². The van der Waals surface area contributed by atoms with E-state index in [0.717, 1.165) is 43.8 Å². The highest BCUT2D eigenvalue weighted by atomic mass is 16.5. The second-order valence-electron chi connectivity index (χ2n) is 6.56. The molecule has 128 valence electrons. The number of methoxy groups -OCH3 is 1. The Morgan fingerprint density at radius 3 is 2.58 bits per heavy atom. The van der Waals surface area contributed by atoms with Crippen LogP contribution in [0, 0.1) is 12.8 Å². The van der Waals surface area contributed by atoms with Gasteiger partial charge >= 0.3 is 0 Å². The van der Waals surface area contributed by atoms with Crippen molar-refractivity contribution in [2.75, 3.05) is 20.2 Å². The number of piperidine rings is 1. The maximum atomic E-state index is 12.4. The third-order valence-electron chi connectivity index (χ3n) is 4.83. The minimum atomic E-state index is 0.0490. The van der Waals surface area contributed by atoms with Crippen molar-refractivity contribution in [2.45, 2.75) is 32.6 Å². The van der Waals surface area contributed by atoms with Crippen molar-refractivity contribution in [1.82, 2.24) is 15.1 Å². The molecule has 24 heavy (non-hydrogen) atoms. The van der Waals surface area contributed by atoms with Gasteiger partial charge in [-0.25, -0.2) is 0 Å². The van der Waals surface area contributed by atoms with Gasteiger partial charge in [0.05, 0.1) is 7.11 Å². The monoisotopic (exact) mass is 327 g/mol. The lowest BCUT2D eigenvalue weighted by atomic mass is 9.90. The Morgan fingerprint density at radius 2 is 2.00 bits per heavy atom. The largest absolute Gasteiger partial charge is 0.497 e. The van der Waals surface area contributed by atoms with E-state index in [1.807, 2.05) is 30.0 Å². The van der Waals surface area contributed by atoms with E-state index < -0.39 is 0 Å². The molecule has 1 aliphatic rings. The Hall–Kier alpha value is -2.30. The SMILES string of the molecule is COc1ccc(CCC2CCN(C(=O)c3cc(C)[nH]n3)CC2)cc1. The van der Waals surface area contributed by atoms with Gasteiger partial charge < -0.3 is 9.64 Å². The van der Waals surface area contributed by atoms with Crippen LogP contribution in [0.3, 0.4) is 0 Å². The number of likely N-dealkylation sites (tertiary alicyclic amines) is 1. The fourth-order valence-electron chi connectivity index (χ4n) is 3.28. The number of carbonyl (C=O) groups is 1. The summed E-state index contributed by atoms with van der Waals surface area (Å²) in [6.45, 7) is 3.57. The average Bonchev–Trinajstić information content (AvgIpc) is 3.06. The highest BCUT2D eigenvalue weighted by Gasteiger charge is 2.24. The lowest BCUT2D eigenvalue weighted by Gasteiger charge is -2.31. The molecule has 0 atom stereocenters. The van der Waals surface area contributed by atoms with Gasteiger partial charge in [0.1, 0.15) is 11.4 Å². The summed E-state index contributed by atoms with van der Waals surface area (Å²) in [5.41, 5.74) is 2.80. The molecule has 3 rings (SSSR count). The van der Waals surface area contributed by atoms with E-state index in [4.69, 9.17) is 4.74 Å². The van der Waals surface area contributed by atoms with Crippen LogP contribution in [0.15, 0.2) is 30.3 Å². The van der Waals surface area contributed by atoms with E-state index >= 15 is 0 Å². The molecule has 2 heterocycles. The Morgan fingerprint density at radius 1 is 1.29 bits per heavy atom. The molecule has 0 bridgehead atoms. The predicted octanol–water partition coefficient (Wildman–Crippen LogP) is 3.21. The van der Waals surface area contributed by atoms with Crippen LogP contribution >= 0.6 is 0 Å². The number of ether oxygens (including phenoxy) is 1. The first-order valence-electron chi connectivity index (χ1n) is 8.60. The van der Waals surface area contributed by atoms with E-state index in [0.29, 0.717) is 11.6 Å². The zero-order valence-corrected chi connectivity index (χ0v) is 14.4. The van der Waals surface area contributed by atoms with Crippen molar-refractivity contribution in [2.24, 2.45) is 5.92 Å². The van der Waals surface area contributed by atoms with Crippen LogP contribution in [-0.2, 0) is 6.42 Å². The highest BCUT2D eigenvalue weighted by molar-refractivity contribution is 5.92. The lowest BCUT2D eigenvalue weighted by Crippen LogP contribution is -2.38. The minimum Gasteiger partial charge on any atom is -0.497 e. The normalized spacial score (nSPS) is 15.5. The van der Waals surface area contributed by atoms with Crippen molar-refractivity contribution in [3.8, 4) is 5.75 Å². The summed E-state index contributed by atoms with van der Waals surface area (Å²) in [4.78, 5) is 14.3. The topological polar surface area (TPSA) is 58.2 Å². The van der Waals surface area contributed by atoms with E-state index in [-0.39, 0.29) is 5.91 Å². The van der Waals surface area contributed by atoms with Crippen LogP contribution in [0.4, 0.5) is 0 Å². The Kier molecular flexibility index (Phi) is 5.18. The first kappa shape index (κ1) is 16.6. The number of H-pyrrole nitrogens is 1. The highest BCUT2D eigenvalue weighted by Crippen LogP contribution is 2.24. The third kappa shape index (κ3) is 3.96. The minimum absolute atomic E-state index is 0.0490. The molecule has 5 nitrogen and oxygen atoms in total. The van der Waals surface area contributed by atoms with Gasteiger partial charge in [0.2, 0.25) is 0 Å². The van der Waals surface area contributed by atoms with Crippen LogP contribution in [0.1, 0.15) is 41.0 Å². The molecule has 1 amide bonds. The number of aromatic nitrogens is 2. The maximum Gasteiger partial charge on any atom is 0.274 e. The average molecular weight is 327 g/mol. The number of rotatable bonds is 5. The number of aromatic amines is 1. The summed E-state index contributed by atoms with van der Waals surface area (Å²) in [6, 6.07) is 10.1.